The van der Waals surface area contributed by atoms with Crippen molar-refractivity contribution in [2.24, 2.45) is 5.41 Å². The minimum Gasteiger partial charge on any atom is -0.378 e. The quantitative estimate of drug-likeness (QED) is 0.818. The second kappa shape index (κ2) is 9.06. The maximum Gasteiger partial charge on any atom is 0.416 e. The fourth-order valence-electron chi connectivity index (χ4n) is 2.89. The molecule has 0 saturated carbocycles. The zero-order valence-corrected chi connectivity index (χ0v) is 16.0. The largest absolute Gasteiger partial charge is 0.416 e. The third kappa shape index (κ3) is 6.45. The first kappa shape index (κ1) is 22.7. The molecular weight excluding hydrogens is 369 g/mol. The Morgan fingerprint density at radius 2 is 2.04 bits per heavy atom. The molecule has 1 amide bonds. The molecule has 0 radical (unpaired) electrons. The molecule has 0 aromatic heterocycles. The minimum atomic E-state index is -4.41. The van der Waals surface area contributed by atoms with Gasteiger partial charge in [-0.15, -0.1) is 12.4 Å². The van der Waals surface area contributed by atoms with Crippen molar-refractivity contribution >= 4 is 18.3 Å². The van der Waals surface area contributed by atoms with Crippen molar-refractivity contribution in [2.45, 2.75) is 45.5 Å². The van der Waals surface area contributed by atoms with Crippen LogP contribution < -0.4 is 10.6 Å². The molecule has 1 aliphatic heterocycles. The smallest absolute Gasteiger partial charge is 0.378 e. The van der Waals surface area contributed by atoms with E-state index in [4.69, 9.17) is 4.74 Å². The Hall–Kier alpha value is -1.31. The number of halogens is 4. The minimum absolute atomic E-state index is 0. The van der Waals surface area contributed by atoms with Crippen LogP contribution in [0.2, 0.25) is 0 Å². The van der Waals surface area contributed by atoms with E-state index in [9.17, 15) is 18.0 Å². The Kier molecular flexibility index (Phi) is 7.92. The van der Waals surface area contributed by atoms with Crippen LogP contribution in [0.3, 0.4) is 0 Å². The van der Waals surface area contributed by atoms with Crippen LogP contribution >= 0.6 is 12.4 Å². The number of nitrogens with one attached hydrogen (secondary N) is 2. The van der Waals surface area contributed by atoms with E-state index in [1.165, 1.54) is 6.07 Å². The summed E-state index contributed by atoms with van der Waals surface area (Å²) in [5, 5.41) is 6.09. The molecule has 4 nitrogen and oxygen atoms in total. The van der Waals surface area contributed by atoms with E-state index < -0.39 is 23.2 Å². The van der Waals surface area contributed by atoms with Crippen molar-refractivity contribution in [2.75, 3.05) is 19.8 Å². The first-order valence-corrected chi connectivity index (χ1v) is 8.35. The molecule has 8 heteroatoms. The van der Waals surface area contributed by atoms with Crippen LogP contribution in [0, 0.1) is 5.41 Å². The third-order valence-corrected chi connectivity index (χ3v) is 4.15. The molecule has 2 atom stereocenters. The fraction of sp³-hybridized carbons (Fsp3) is 0.611. The fourth-order valence-corrected chi connectivity index (χ4v) is 2.89. The number of rotatable bonds is 4. The lowest BCUT2D eigenvalue weighted by Gasteiger charge is -2.33. The van der Waals surface area contributed by atoms with Crippen molar-refractivity contribution in [1.82, 2.24) is 10.6 Å². The zero-order chi connectivity index (χ0) is 18.7. The van der Waals surface area contributed by atoms with Crippen LogP contribution in [-0.2, 0) is 15.7 Å². The van der Waals surface area contributed by atoms with Gasteiger partial charge < -0.3 is 15.4 Å². The zero-order valence-electron chi connectivity index (χ0n) is 15.2. The van der Waals surface area contributed by atoms with Crippen LogP contribution in [0.25, 0.3) is 0 Å². The number of carbonyl (C=O) groups is 1. The van der Waals surface area contributed by atoms with E-state index in [2.05, 4.69) is 10.6 Å². The van der Waals surface area contributed by atoms with Gasteiger partial charge in [0.15, 0.2) is 0 Å². The summed E-state index contributed by atoms with van der Waals surface area (Å²) < 4.78 is 44.3. The van der Waals surface area contributed by atoms with Gasteiger partial charge in [0, 0.05) is 19.0 Å². The molecule has 0 aliphatic carbocycles. The van der Waals surface area contributed by atoms with Crippen LogP contribution in [-0.4, -0.2) is 31.7 Å². The summed E-state index contributed by atoms with van der Waals surface area (Å²) in [4.78, 5) is 12.4. The molecule has 26 heavy (non-hydrogen) atoms. The molecule has 1 heterocycles. The highest BCUT2D eigenvalue weighted by Gasteiger charge is 2.33. The number of amides is 1. The summed E-state index contributed by atoms with van der Waals surface area (Å²) in [5.74, 6) is -0.208. The van der Waals surface area contributed by atoms with Gasteiger partial charge in [0.2, 0.25) is 5.91 Å². The first-order valence-electron chi connectivity index (χ1n) is 8.35. The molecule has 1 saturated heterocycles. The number of benzene rings is 1. The lowest BCUT2D eigenvalue weighted by molar-refractivity contribution is -0.137. The molecule has 0 spiro atoms. The first-order chi connectivity index (χ1) is 11.6. The van der Waals surface area contributed by atoms with E-state index in [0.29, 0.717) is 25.3 Å². The summed E-state index contributed by atoms with van der Waals surface area (Å²) in [6, 6.07) is 4.54. The predicted octanol–water partition coefficient (Wildman–Crippen LogP) is 3.71. The predicted molar refractivity (Wildman–Crippen MR) is 96.3 cm³/mol. The van der Waals surface area contributed by atoms with Gasteiger partial charge in [0.1, 0.15) is 0 Å². The van der Waals surface area contributed by atoms with E-state index in [-0.39, 0.29) is 30.8 Å². The van der Waals surface area contributed by atoms with Gasteiger partial charge in [-0.2, -0.15) is 13.2 Å². The number of hydrogen-bond donors (Lipinski definition) is 2. The third-order valence-electron chi connectivity index (χ3n) is 4.15. The van der Waals surface area contributed by atoms with E-state index in [1.54, 1.807) is 6.07 Å². The SMILES string of the molecule is CC(C)(C)C(NC(=O)CC1COCCN1)c1cccc(C(F)(F)F)c1.Cl. The second-order valence-corrected chi connectivity index (χ2v) is 7.42. The lowest BCUT2D eigenvalue weighted by Crippen LogP contribution is -2.45. The number of hydrogen-bond acceptors (Lipinski definition) is 3. The van der Waals surface area contributed by atoms with Crippen LogP contribution in [0.4, 0.5) is 13.2 Å². The van der Waals surface area contributed by atoms with Gasteiger partial charge in [-0.05, 0) is 23.1 Å². The lowest BCUT2D eigenvalue weighted by atomic mass is 9.81. The average molecular weight is 395 g/mol. The van der Waals surface area contributed by atoms with E-state index in [0.717, 1.165) is 12.1 Å². The van der Waals surface area contributed by atoms with Gasteiger partial charge in [-0.1, -0.05) is 32.9 Å². The van der Waals surface area contributed by atoms with Crippen molar-refractivity contribution in [3.05, 3.63) is 35.4 Å². The van der Waals surface area contributed by atoms with Crippen molar-refractivity contribution in [3.8, 4) is 0 Å². The molecular formula is C18H26ClF3N2O2. The maximum atomic E-state index is 13.0. The summed E-state index contributed by atoms with van der Waals surface area (Å²) in [6.07, 6.45) is -4.18. The number of ether oxygens (including phenoxy) is 1. The molecule has 1 aliphatic rings. The van der Waals surface area contributed by atoms with Gasteiger partial charge >= 0.3 is 6.18 Å². The molecule has 148 valence electrons. The summed E-state index contributed by atoms with van der Waals surface area (Å²) in [6.45, 7) is 7.43. The normalized spacial score (nSPS) is 19.4. The average Bonchev–Trinajstić information content (AvgIpc) is 2.52. The Labute approximate surface area is 158 Å². The van der Waals surface area contributed by atoms with Crippen molar-refractivity contribution < 1.29 is 22.7 Å². The Morgan fingerprint density at radius 1 is 1.35 bits per heavy atom. The van der Waals surface area contributed by atoms with E-state index in [1.807, 2.05) is 20.8 Å². The maximum absolute atomic E-state index is 13.0. The molecule has 1 aromatic carbocycles. The van der Waals surface area contributed by atoms with Gasteiger partial charge in [0.05, 0.1) is 24.8 Å². The highest BCUT2D eigenvalue weighted by molar-refractivity contribution is 5.85. The van der Waals surface area contributed by atoms with E-state index >= 15 is 0 Å². The summed E-state index contributed by atoms with van der Waals surface area (Å²) >= 11 is 0. The number of morpholine rings is 1. The Bertz CT molecular complexity index is 597. The Balaban J connectivity index is 0.00000338. The monoisotopic (exact) mass is 394 g/mol. The van der Waals surface area contributed by atoms with Crippen LogP contribution in [0.5, 0.6) is 0 Å². The van der Waals surface area contributed by atoms with Gasteiger partial charge in [0.25, 0.3) is 0 Å². The van der Waals surface area contributed by atoms with Gasteiger partial charge in [-0.25, -0.2) is 0 Å². The number of carbonyl (C=O) groups excluding carboxylic acids is 1. The summed E-state index contributed by atoms with van der Waals surface area (Å²) in [7, 11) is 0. The van der Waals surface area contributed by atoms with Crippen molar-refractivity contribution in [1.29, 1.82) is 0 Å². The molecule has 0 bridgehead atoms. The number of alkyl halides is 3. The molecule has 2 rings (SSSR count). The molecule has 1 aromatic rings. The van der Waals surface area contributed by atoms with Crippen molar-refractivity contribution in [3.63, 3.8) is 0 Å². The standard InChI is InChI=1S/C18H25F3N2O2.ClH/c1-17(2,3)16(12-5-4-6-13(9-12)18(19,20)21)23-15(24)10-14-11-25-8-7-22-14;/h4-6,9,14,16,22H,7-8,10-11H2,1-3H3,(H,23,24);1H. The molecule has 2 unspecified atom stereocenters. The molecule has 2 N–H and O–H groups in total. The highest BCUT2D eigenvalue weighted by atomic mass is 35.5. The Morgan fingerprint density at radius 3 is 2.58 bits per heavy atom. The van der Waals surface area contributed by atoms with Gasteiger partial charge in [-0.3, -0.25) is 4.79 Å². The highest BCUT2D eigenvalue weighted by Crippen LogP contribution is 2.36. The molecule has 1 fully saturated rings. The topological polar surface area (TPSA) is 50.4 Å². The summed E-state index contributed by atoms with van der Waals surface area (Å²) in [5.41, 5.74) is -0.699. The second-order valence-electron chi connectivity index (χ2n) is 7.42. The van der Waals surface area contributed by atoms with Crippen LogP contribution in [0.15, 0.2) is 24.3 Å². The van der Waals surface area contributed by atoms with Crippen LogP contribution in [0.1, 0.15) is 44.4 Å².